The van der Waals surface area contributed by atoms with Crippen molar-refractivity contribution in [2.24, 2.45) is 11.8 Å². The third-order valence-corrected chi connectivity index (χ3v) is 7.88. The van der Waals surface area contributed by atoms with Gasteiger partial charge in [-0.1, -0.05) is 31.2 Å². The normalized spacial score (nSPS) is 28.9. The van der Waals surface area contributed by atoms with E-state index in [1.54, 1.807) is 24.3 Å². The second kappa shape index (κ2) is 7.42. The monoisotopic (exact) mass is 447 g/mol. The summed E-state index contributed by atoms with van der Waals surface area (Å²) >= 11 is 0. The second-order valence-corrected chi connectivity index (χ2v) is 9.62. The van der Waals surface area contributed by atoms with E-state index in [0.29, 0.717) is 12.8 Å². The van der Waals surface area contributed by atoms with Crippen molar-refractivity contribution in [3.05, 3.63) is 58.7 Å². The molecular formula is C26H29N3O4. The highest BCUT2D eigenvalue weighted by molar-refractivity contribution is 6.15. The quantitative estimate of drug-likeness (QED) is 0.626. The van der Waals surface area contributed by atoms with Crippen LogP contribution in [-0.2, 0) is 26.3 Å². The highest BCUT2D eigenvalue weighted by atomic mass is 16.3. The van der Waals surface area contributed by atoms with Crippen LogP contribution in [-0.4, -0.2) is 39.8 Å². The average molecular weight is 448 g/mol. The van der Waals surface area contributed by atoms with Gasteiger partial charge in [0.1, 0.15) is 11.3 Å². The maximum atomic E-state index is 13.8. The molecule has 2 fully saturated rings. The summed E-state index contributed by atoms with van der Waals surface area (Å²) in [6, 6.07) is 10.1. The van der Waals surface area contributed by atoms with Crippen LogP contribution >= 0.6 is 0 Å². The molecular weight excluding hydrogens is 418 g/mol. The van der Waals surface area contributed by atoms with Gasteiger partial charge in [-0.25, -0.2) is 0 Å². The van der Waals surface area contributed by atoms with Crippen LogP contribution in [0.25, 0.3) is 0 Å². The third-order valence-electron chi connectivity index (χ3n) is 7.88. The predicted molar refractivity (Wildman–Crippen MR) is 124 cm³/mol. The molecule has 5 atom stereocenters. The number of carbonyl (C=O) groups excluding carboxylic acids is 3. The lowest BCUT2D eigenvalue weighted by Crippen LogP contribution is -2.54. The zero-order valence-electron chi connectivity index (χ0n) is 19.3. The van der Waals surface area contributed by atoms with Crippen molar-refractivity contribution in [2.45, 2.75) is 58.2 Å². The molecule has 2 aromatic rings. The van der Waals surface area contributed by atoms with Gasteiger partial charge in [-0.2, -0.15) is 0 Å². The smallest absolute Gasteiger partial charge is 0.250 e. The maximum absolute atomic E-state index is 13.8. The van der Waals surface area contributed by atoms with E-state index in [1.165, 1.54) is 4.90 Å². The molecule has 3 heterocycles. The van der Waals surface area contributed by atoms with Crippen LogP contribution in [0.3, 0.4) is 0 Å². The van der Waals surface area contributed by atoms with Gasteiger partial charge in [-0.15, -0.1) is 0 Å². The number of likely N-dealkylation sites (tertiary alicyclic amines) is 1. The minimum atomic E-state index is -1.28. The lowest BCUT2D eigenvalue weighted by molar-refractivity contribution is -0.145. The van der Waals surface area contributed by atoms with Crippen molar-refractivity contribution in [3.63, 3.8) is 0 Å². The zero-order chi connectivity index (χ0) is 23.7. The van der Waals surface area contributed by atoms with Crippen molar-refractivity contribution < 1.29 is 19.5 Å². The summed E-state index contributed by atoms with van der Waals surface area (Å²) in [4.78, 5) is 42.4. The van der Waals surface area contributed by atoms with E-state index in [9.17, 15) is 19.5 Å². The fourth-order valence-electron chi connectivity index (χ4n) is 5.82. The molecule has 0 radical (unpaired) electrons. The Hall–Kier alpha value is -3.19. The Morgan fingerprint density at radius 1 is 1.06 bits per heavy atom. The molecule has 172 valence electrons. The van der Waals surface area contributed by atoms with E-state index in [4.69, 9.17) is 0 Å². The van der Waals surface area contributed by atoms with Gasteiger partial charge in [-0.3, -0.25) is 24.6 Å². The Bertz CT molecular complexity index is 1170. The topological polar surface area (TPSA) is 98.7 Å². The van der Waals surface area contributed by atoms with E-state index in [2.05, 4.69) is 10.6 Å². The number of aromatic hydroxyl groups is 1. The van der Waals surface area contributed by atoms with Gasteiger partial charge in [0.25, 0.3) is 0 Å². The highest BCUT2D eigenvalue weighted by Gasteiger charge is 2.70. The summed E-state index contributed by atoms with van der Waals surface area (Å²) < 4.78 is 0. The molecule has 1 spiro atoms. The Balaban J connectivity index is 1.65. The second-order valence-electron chi connectivity index (χ2n) is 9.62. The number of aryl methyl sites for hydroxylation is 1. The minimum absolute atomic E-state index is 0.164. The lowest BCUT2D eigenvalue weighted by atomic mass is 9.75. The molecule has 3 N–H and O–H groups in total. The Kier molecular flexibility index (Phi) is 4.86. The van der Waals surface area contributed by atoms with Crippen LogP contribution < -0.4 is 10.6 Å². The molecule has 7 nitrogen and oxygen atoms in total. The average Bonchev–Trinajstić information content (AvgIpc) is 3.37. The van der Waals surface area contributed by atoms with Crippen LogP contribution in [0.4, 0.5) is 5.69 Å². The van der Waals surface area contributed by atoms with Crippen LogP contribution in [0.15, 0.2) is 36.4 Å². The number of fused-ring (bicyclic) bond motifs is 4. The number of imide groups is 1. The fraction of sp³-hybridized carbons (Fsp3) is 0.423. The maximum Gasteiger partial charge on any atom is 0.250 e. The summed E-state index contributed by atoms with van der Waals surface area (Å²) in [7, 11) is 0. The number of nitrogens with zero attached hydrogens (tertiary/aromatic N) is 1. The first kappa shape index (κ1) is 21.6. The number of benzene rings is 2. The van der Waals surface area contributed by atoms with Gasteiger partial charge in [0.15, 0.2) is 0 Å². The number of carbonyl (C=O) groups is 3. The van der Waals surface area contributed by atoms with Crippen molar-refractivity contribution in [1.29, 1.82) is 0 Å². The first-order valence-corrected chi connectivity index (χ1v) is 11.5. The Morgan fingerprint density at radius 3 is 2.42 bits per heavy atom. The molecule has 5 rings (SSSR count). The summed E-state index contributed by atoms with van der Waals surface area (Å²) in [6.45, 7) is 7.77. The molecule has 0 saturated carbocycles. The first-order valence-electron chi connectivity index (χ1n) is 11.5. The number of anilines is 1. The molecule has 7 heteroatoms. The number of phenols is 1. The van der Waals surface area contributed by atoms with Crippen molar-refractivity contribution in [1.82, 2.24) is 10.2 Å². The van der Waals surface area contributed by atoms with Crippen LogP contribution in [0.5, 0.6) is 5.75 Å². The molecule has 2 saturated heterocycles. The van der Waals surface area contributed by atoms with Gasteiger partial charge in [0.05, 0.1) is 11.8 Å². The van der Waals surface area contributed by atoms with Crippen molar-refractivity contribution >= 4 is 23.4 Å². The SMILES string of the molecule is CC[C@H](C)N1C(=O)[C@H]2[C@@H](C1=O)[C@]1(N[C@@H]2Cc2ccc(O)cc2)C(=O)Nc2c1ccc(C)c2C. The van der Waals surface area contributed by atoms with Crippen molar-refractivity contribution in [2.75, 3.05) is 5.32 Å². The molecule has 3 amide bonds. The van der Waals surface area contributed by atoms with Gasteiger partial charge in [-0.05, 0) is 62.4 Å². The van der Waals surface area contributed by atoms with Crippen LogP contribution in [0.2, 0.25) is 0 Å². The molecule has 3 aliphatic rings. The number of phenolic OH excluding ortho intramolecular Hbond substituents is 1. The standard InChI is InChI=1S/C26H29N3O4/c1-5-14(3)29-23(31)20-19(12-16-7-9-17(30)10-8-16)28-26(21(20)24(29)32)18-11-6-13(2)15(4)22(18)27-25(26)33/h6-11,14,19-21,28,30H,5,12H2,1-4H3,(H,27,33)/t14-,19+,20+,21-,26-/m0/s1. The van der Waals surface area contributed by atoms with E-state index < -0.39 is 23.4 Å². The first-order chi connectivity index (χ1) is 15.7. The van der Waals surface area contributed by atoms with Crippen LogP contribution in [0.1, 0.15) is 42.5 Å². The number of hydrogen-bond acceptors (Lipinski definition) is 5. The minimum Gasteiger partial charge on any atom is -0.508 e. The molecule has 0 unspecified atom stereocenters. The lowest BCUT2D eigenvalue weighted by Gasteiger charge is -2.31. The number of nitrogens with one attached hydrogen (secondary N) is 2. The third kappa shape index (κ3) is 2.88. The fourth-order valence-corrected chi connectivity index (χ4v) is 5.82. The molecule has 3 aliphatic heterocycles. The molecule has 0 aromatic heterocycles. The number of amides is 3. The van der Waals surface area contributed by atoms with E-state index in [0.717, 1.165) is 27.9 Å². The van der Waals surface area contributed by atoms with Gasteiger partial charge < -0.3 is 10.4 Å². The molecule has 33 heavy (non-hydrogen) atoms. The van der Waals surface area contributed by atoms with Gasteiger partial charge in [0, 0.05) is 23.3 Å². The highest BCUT2D eigenvalue weighted by Crippen LogP contribution is 2.54. The summed E-state index contributed by atoms with van der Waals surface area (Å²) in [5.41, 5.74) is 3.13. The Labute approximate surface area is 193 Å². The van der Waals surface area contributed by atoms with E-state index in [1.807, 2.05) is 39.8 Å². The Morgan fingerprint density at radius 2 is 1.76 bits per heavy atom. The number of hydrogen-bond donors (Lipinski definition) is 3. The largest absolute Gasteiger partial charge is 0.508 e. The zero-order valence-corrected chi connectivity index (χ0v) is 19.3. The van der Waals surface area contributed by atoms with E-state index in [-0.39, 0.29) is 29.5 Å². The summed E-state index contributed by atoms with van der Waals surface area (Å²) in [5.74, 6) is -2.04. The van der Waals surface area contributed by atoms with Gasteiger partial charge >= 0.3 is 0 Å². The molecule has 2 aromatic carbocycles. The number of rotatable bonds is 4. The summed E-state index contributed by atoms with van der Waals surface area (Å²) in [5, 5.41) is 16.2. The molecule has 0 aliphatic carbocycles. The van der Waals surface area contributed by atoms with Crippen LogP contribution in [0, 0.1) is 25.7 Å². The predicted octanol–water partition coefficient (Wildman–Crippen LogP) is 2.77. The summed E-state index contributed by atoms with van der Waals surface area (Å²) in [6.07, 6.45) is 1.12. The van der Waals surface area contributed by atoms with E-state index >= 15 is 0 Å². The van der Waals surface area contributed by atoms with Gasteiger partial charge in [0.2, 0.25) is 17.7 Å². The molecule has 0 bridgehead atoms. The van der Waals surface area contributed by atoms with Crippen molar-refractivity contribution in [3.8, 4) is 5.75 Å².